The van der Waals surface area contributed by atoms with Crippen LogP contribution in [-0.2, 0) is 16.4 Å². The number of urea groups is 1. The van der Waals surface area contributed by atoms with E-state index in [9.17, 15) is 18.0 Å². The molecule has 0 aliphatic heterocycles. The van der Waals surface area contributed by atoms with Gasteiger partial charge in [0.1, 0.15) is 5.69 Å². The Morgan fingerprint density at radius 3 is 2.61 bits per heavy atom. The summed E-state index contributed by atoms with van der Waals surface area (Å²) in [5, 5.41) is 4.00. The molecule has 10 heteroatoms. The first-order valence-corrected chi connectivity index (χ1v) is 10.6. The van der Waals surface area contributed by atoms with E-state index in [1.54, 1.807) is 10.0 Å². The van der Waals surface area contributed by atoms with Gasteiger partial charge in [-0.15, -0.1) is 0 Å². The van der Waals surface area contributed by atoms with E-state index in [2.05, 4.69) is 15.3 Å². The highest BCUT2D eigenvalue weighted by atomic mass is 32.2. The molecule has 0 unspecified atom stereocenters. The van der Waals surface area contributed by atoms with Crippen molar-refractivity contribution in [3.63, 3.8) is 0 Å². The lowest BCUT2D eigenvalue weighted by atomic mass is 9.96. The average Bonchev–Trinajstić information content (AvgIpc) is 2.87. The maximum absolute atomic E-state index is 13.0. The Morgan fingerprint density at radius 1 is 1.16 bits per heavy atom. The molecule has 3 N–H and O–H groups in total. The van der Waals surface area contributed by atoms with E-state index in [1.165, 1.54) is 0 Å². The average molecular weight is 459 g/mol. The Kier molecular flexibility index (Phi) is 3.68. The van der Waals surface area contributed by atoms with Crippen LogP contribution in [0.5, 0.6) is 0 Å². The molecule has 1 heterocycles. The van der Waals surface area contributed by atoms with Crippen molar-refractivity contribution in [1.82, 2.24) is 25.3 Å². The largest absolute Gasteiger partial charge is 0.350 e. The number of aromatic nitrogens is 2. The van der Waals surface area contributed by atoms with Crippen LogP contribution < -0.4 is 15.4 Å². The summed E-state index contributed by atoms with van der Waals surface area (Å²) >= 11 is 0. The lowest BCUT2D eigenvalue weighted by Crippen LogP contribution is -2.45. The number of rotatable bonds is 7. The fourth-order valence-corrected chi connectivity index (χ4v) is 3.49. The van der Waals surface area contributed by atoms with E-state index in [0.717, 1.165) is 19.3 Å². The molecule has 0 atom stereocenters. The fraction of sp³-hybridized carbons (Fsp3) is 0.429. The third-order valence-corrected chi connectivity index (χ3v) is 5.36. The number of benzene rings is 1. The monoisotopic (exact) mass is 458 g/mol. The fourth-order valence-electron chi connectivity index (χ4n) is 2.71. The summed E-state index contributed by atoms with van der Waals surface area (Å²) in [5.74, 6) is -1.63. The van der Waals surface area contributed by atoms with Crippen LogP contribution in [0.3, 0.4) is 0 Å². The first kappa shape index (κ1) is 11.0. The van der Waals surface area contributed by atoms with Crippen LogP contribution in [0.2, 0.25) is 0 Å². The number of hydrogen-bond donors (Lipinski definition) is 3. The van der Waals surface area contributed by atoms with Gasteiger partial charge in [0.25, 0.3) is 15.9 Å². The van der Waals surface area contributed by atoms with Gasteiger partial charge < -0.3 is 10.6 Å². The normalized spacial score (nSPS) is 22.0. The number of carbonyl (C=O) groups excluding carboxylic acids is 2. The molecule has 1 aromatic carbocycles. The Morgan fingerprint density at radius 2 is 1.90 bits per heavy atom. The predicted molar refractivity (Wildman–Crippen MR) is 115 cm³/mol. The Bertz CT molecular complexity index is 1570. The molecule has 0 spiro atoms. The number of amides is 3. The van der Waals surface area contributed by atoms with Crippen LogP contribution in [-0.4, -0.2) is 42.9 Å². The molecule has 1 saturated carbocycles. The van der Waals surface area contributed by atoms with Crippen molar-refractivity contribution in [1.29, 1.82) is 0 Å². The predicted octanol–water partition coefficient (Wildman–Crippen LogP) is 2.08. The van der Waals surface area contributed by atoms with E-state index >= 15 is 0 Å². The van der Waals surface area contributed by atoms with Crippen molar-refractivity contribution in [2.75, 3.05) is 6.50 Å². The first-order chi connectivity index (χ1) is 20.0. The van der Waals surface area contributed by atoms with Crippen molar-refractivity contribution in [2.24, 2.45) is 0 Å². The summed E-state index contributed by atoms with van der Waals surface area (Å²) < 4.78 is 131. The molecule has 0 bridgehead atoms. The molecule has 9 nitrogen and oxygen atoms in total. The van der Waals surface area contributed by atoms with Crippen LogP contribution >= 0.6 is 0 Å². The molecule has 31 heavy (non-hydrogen) atoms. The molecule has 1 aliphatic rings. The van der Waals surface area contributed by atoms with Gasteiger partial charge in [0.15, 0.2) is 0 Å². The summed E-state index contributed by atoms with van der Waals surface area (Å²) in [6.07, 6.45) is -1.95. The van der Waals surface area contributed by atoms with Crippen molar-refractivity contribution in [3.8, 4) is 0 Å². The Balaban J connectivity index is 1.97. The highest BCUT2D eigenvalue weighted by Crippen LogP contribution is 2.17. The number of nitrogens with zero attached hydrogens (tertiary/aromatic N) is 2. The van der Waals surface area contributed by atoms with Crippen molar-refractivity contribution in [2.45, 2.75) is 56.3 Å². The van der Waals surface area contributed by atoms with Crippen LogP contribution in [0.15, 0.2) is 41.4 Å². The van der Waals surface area contributed by atoms with Gasteiger partial charge in [0.2, 0.25) is 0 Å². The summed E-state index contributed by atoms with van der Waals surface area (Å²) in [6, 6.07) is -6.82. The molecule has 1 fully saturated rings. The third kappa shape index (κ3) is 6.74. The molecule has 0 saturated heterocycles. The number of sulfonamides is 1. The van der Waals surface area contributed by atoms with E-state index in [-0.39, 0.29) is 6.04 Å². The van der Waals surface area contributed by atoms with Gasteiger partial charge >= 0.3 is 6.03 Å². The molecular weight excluding hydrogens is 418 g/mol. The van der Waals surface area contributed by atoms with E-state index < -0.39 is 100 Å². The van der Waals surface area contributed by atoms with Gasteiger partial charge in [-0.3, -0.25) is 9.78 Å². The maximum Gasteiger partial charge on any atom is 0.328 e. The van der Waals surface area contributed by atoms with Crippen LogP contribution in [0, 0.1) is 6.85 Å². The van der Waals surface area contributed by atoms with Crippen molar-refractivity contribution >= 4 is 22.0 Å². The zero-order valence-corrected chi connectivity index (χ0v) is 16.9. The molecule has 0 radical (unpaired) electrons. The van der Waals surface area contributed by atoms with Gasteiger partial charge in [-0.05, 0) is 43.7 Å². The standard InChI is InChI=1S/C21H27N5O4S/c1-15-13-24-19(14-23-15)20(27)22-12-11-16-7-9-18(10-8-16)31(29,30)26-21(28)25-17-5-3-2-4-6-17/h7-10,13-14,17H,2-6,11-12H2,1H3,(H,22,27)(H2,25,26,28)/i1D3,7D,8D,9D,10D,11D2,12D2,13D,14D. The van der Waals surface area contributed by atoms with E-state index in [1.807, 2.05) is 0 Å². The van der Waals surface area contributed by atoms with E-state index in [0.29, 0.717) is 12.8 Å². The highest BCUT2D eigenvalue weighted by Gasteiger charge is 2.21. The van der Waals surface area contributed by atoms with E-state index in [4.69, 9.17) is 17.8 Å². The maximum atomic E-state index is 13.0. The molecule has 1 aromatic heterocycles. The molecule has 166 valence electrons. The summed E-state index contributed by atoms with van der Waals surface area (Å²) in [5.41, 5.74) is -3.27. The lowest BCUT2D eigenvalue weighted by molar-refractivity contribution is 0.0948. The van der Waals surface area contributed by atoms with Gasteiger partial charge in [0.05, 0.1) is 25.0 Å². The zero-order chi connectivity index (χ0) is 33.6. The number of aryl methyl sites for hydroxylation is 1. The second kappa shape index (κ2) is 10.3. The minimum atomic E-state index is -5.05. The lowest BCUT2D eigenvalue weighted by Gasteiger charge is -2.22. The second-order valence-corrected chi connectivity index (χ2v) is 8.09. The Labute approximate surface area is 200 Å². The number of carbonyl (C=O) groups is 2. The molecule has 1 aliphatic carbocycles. The van der Waals surface area contributed by atoms with Gasteiger partial charge in [-0.2, -0.15) is 0 Å². The molecule has 3 rings (SSSR count). The van der Waals surface area contributed by atoms with Crippen LogP contribution in [0.25, 0.3) is 0 Å². The van der Waals surface area contributed by atoms with Crippen molar-refractivity contribution < 1.29 is 35.8 Å². The Hall–Kier alpha value is -3.01. The SMILES string of the molecule is [2H]c1nc(C([2H])([2H])[2H])c([2H])nc1C(=O)NC([2H])([2H])C([2H])([2H])c1c([2H])c([2H])c(S(=O)(=O)NC(=O)NC2CCCCC2)c([2H])c1[2H]. The molecule has 3 amide bonds. The zero-order valence-electron chi connectivity index (χ0n) is 29.0. The summed E-state index contributed by atoms with van der Waals surface area (Å²) in [6.45, 7) is -6.57. The smallest absolute Gasteiger partial charge is 0.328 e. The van der Waals surface area contributed by atoms with Crippen molar-refractivity contribution in [3.05, 3.63) is 53.5 Å². The van der Waals surface area contributed by atoms with Gasteiger partial charge in [-0.1, -0.05) is 31.3 Å². The first-order valence-electron chi connectivity index (χ1n) is 15.6. The summed E-state index contributed by atoms with van der Waals surface area (Å²) in [4.78, 5) is 30.5. The van der Waals surface area contributed by atoms with Gasteiger partial charge in [-0.25, -0.2) is 22.9 Å². The minimum Gasteiger partial charge on any atom is -0.350 e. The minimum absolute atomic E-state index is 0.320. The quantitative estimate of drug-likeness (QED) is 0.582. The van der Waals surface area contributed by atoms with Crippen LogP contribution in [0.1, 0.15) is 71.7 Å². The summed E-state index contributed by atoms with van der Waals surface area (Å²) in [7, 11) is -5.05. The highest BCUT2D eigenvalue weighted by molar-refractivity contribution is 7.90. The van der Waals surface area contributed by atoms with Crippen LogP contribution in [0.4, 0.5) is 4.79 Å². The number of hydrogen-bond acceptors (Lipinski definition) is 6. The molecular formula is C21H27N5O4S. The third-order valence-electron chi connectivity index (χ3n) is 4.16. The van der Waals surface area contributed by atoms with Gasteiger partial charge in [0, 0.05) is 28.3 Å². The second-order valence-electron chi connectivity index (χ2n) is 6.47. The topological polar surface area (TPSA) is 130 Å². The molecule has 2 aromatic rings. The number of nitrogens with one attached hydrogen (secondary N) is 3.